The third-order valence-corrected chi connectivity index (χ3v) is 4.81. The molecule has 0 unspecified atom stereocenters. The van der Waals surface area contributed by atoms with Gasteiger partial charge in [-0.3, -0.25) is 4.57 Å². The fraction of sp³-hybridized carbons (Fsp3) is 0.0556. The maximum absolute atomic E-state index is 11.6. The number of rotatable bonds is 3. The number of nitrogens with zero attached hydrogens (tertiary/aromatic N) is 3. The number of aryl methyl sites for hydroxylation is 1. The number of carboxylic acids is 1. The Kier molecular flexibility index (Phi) is 3.39. The molecule has 4 rings (SSSR count). The summed E-state index contributed by atoms with van der Waals surface area (Å²) in [6.07, 6.45) is 1.68. The zero-order valence-corrected chi connectivity index (χ0v) is 13.6. The highest BCUT2D eigenvalue weighted by Crippen LogP contribution is 2.31. The summed E-state index contributed by atoms with van der Waals surface area (Å²) >= 11 is 1.15. The zero-order valence-electron chi connectivity index (χ0n) is 12.8. The van der Waals surface area contributed by atoms with E-state index in [0.717, 1.165) is 33.5 Å². The number of imidazole rings is 1. The quantitative estimate of drug-likeness (QED) is 0.610. The molecule has 0 fully saturated rings. The Bertz CT molecular complexity index is 1050. The lowest BCUT2D eigenvalue weighted by Gasteiger charge is -2.00. The van der Waals surface area contributed by atoms with Crippen molar-refractivity contribution < 1.29 is 9.90 Å². The summed E-state index contributed by atoms with van der Waals surface area (Å²) in [6.45, 7) is 2.01. The van der Waals surface area contributed by atoms with Gasteiger partial charge in [0.2, 0.25) is 0 Å². The number of benzene rings is 2. The van der Waals surface area contributed by atoms with Crippen molar-refractivity contribution in [3.8, 4) is 16.4 Å². The van der Waals surface area contributed by atoms with E-state index >= 15 is 0 Å². The molecule has 2 aromatic heterocycles. The van der Waals surface area contributed by atoms with Gasteiger partial charge in [0.25, 0.3) is 0 Å². The van der Waals surface area contributed by atoms with E-state index in [9.17, 15) is 9.90 Å². The van der Waals surface area contributed by atoms with Gasteiger partial charge < -0.3 is 5.11 Å². The van der Waals surface area contributed by atoms with Crippen molar-refractivity contribution in [3.05, 3.63) is 65.3 Å². The van der Waals surface area contributed by atoms with E-state index in [1.807, 2.05) is 60.0 Å². The lowest BCUT2D eigenvalue weighted by atomic mass is 10.1. The first-order valence-corrected chi connectivity index (χ1v) is 8.19. The third-order valence-electron chi connectivity index (χ3n) is 3.77. The Hall–Kier alpha value is -2.99. The highest BCUT2D eigenvalue weighted by molar-refractivity contribution is 7.16. The summed E-state index contributed by atoms with van der Waals surface area (Å²) in [5, 5.41) is 10.1. The fourth-order valence-electron chi connectivity index (χ4n) is 2.62. The van der Waals surface area contributed by atoms with Crippen LogP contribution in [0.3, 0.4) is 0 Å². The summed E-state index contributed by atoms with van der Waals surface area (Å²) in [5.74, 6) is -0.974. The number of hydrogen-bond acceptors (Lipinski definition) is 4. The van der Waals surface area contributed by atoms with E-state index in [2.05, 4.69) is 9.97 Å². The summed E-state index contributed by atoms with van der Waals surface area (Å²) in [5.41, 5.74) is 4.16. The lowest BCUT2D eigenvalue weighted by Crippen LogP contribution is -1.95. The van der Waals surface area contributed by atoms with Crippen LogP contribution in [-0.2, 0) is 0 Å². The van der Waals surface area contributed by atoms with Crippen LogP contribution < -0.4 is 0 Å². The van der Waals surface area contributed by atoms with Gasteiger partial charge in [-0.25, -0.2) is 14.8 Å². The molecule has 2 heterocycles. The normalized spacial score (nSPS) is 11.0. The average Bonchev–Trinajstić information content (AvgIpc) is 3.19. The first-order valence-electron chi connectivity index (χ1n) is 7.37. The number of fused-ring (bicyclic) bond motifs is 1. The van der Waals surface area contributed by atoms with Crippen LogP contribution in [-0.4, -0.2) is 25.6 Å². The molecule has 2 aromatic carbocycles. The molecule has 0 radical (unpaired) electrons. The molecular weight excluding hydrogens is 322 g/mol. The van der Waals surface area contributed by atoms with Crippen LogP contribution in [0, 0.1) is 6.92 Å². The van der Waals surface area contributed by atoms with E-state index in [1.54, 1.807) is 6.33 Å². The molecule has 0 saturated heterocycles. The van der Waals surface area contributed by atoms with Gasteiger partial charge in [-0.1, -0.05) is 47.7 Å². The molecule has 0 atom stereocenters. The minimum atomic E-state index is -0.974. The Morgan fingerprint density at radius 3 is 2.71 bits per heavy atom. The number of thiazole rings is 1. The fourth-order valence-corrected chi connectivity index (χ4v) is 3.53. The molecular formula is C18H13N3O2S. The van der Waals surface area contributed by atoms with E-state index in [-0.39, 0.29) is 4.88 Å². The third kappa shape index (κ3) is 2.37. The second-order valence-electron chi connectivity index (χ2n) is 5.45. The van der Waals surface area contributed by atoms with Gasteiger partial charge in [-0.15, -0.1) is 0 Å². The Balaban J connectivity index is 1.93. The van der Waals surface area contributed by atoms with Gasteiger partial charge in [0.05, 0.1) is 16.7 Å². The largest absolute Gasteiger partial charge is 0.477 e. The standard InChI is InChI=1S/C18H13N3O2S/c1-11-7-8-13-14(9-11)21(10-19-13)18-20-15(16(24-18)17(22)23)12-5-3-2-4-6-12/h2-10H,1H3,(H,22,23). The summed E-state index contributed by atoms with van der Waals surface area (Å²) in [7, 11) is 0. The number of hydrogen-bond donors (Lipinski definition) is 1. The van der Waals surface area contributed by atoms with Crippen LogP contribution >= 0.6 is 11.3 Å². The molecule has 0 spiro atoms. The predicted octanol–water partition coefficient (Wildman–Crippen LogP) is 4.16. The minimum absolute atomic E-state index is 0.228. The van der Waals surface area contributed by atoms with E-state index < -0.39 is 5.97 Å². The van der Waals surface area contributed by atoms with Crippen LogP contribution in [0.5, 0.6) is 0 Å². The lowest BCUT2D eigenvalue weighted by molar-refractivity contribution is 0.0702. The number of carbonyl (C=O) groups is 1. The molecule has 0 amide bonds. The molecule has 118 valence electrons. The Labute approximate surface area is 141 Å². The molecule has 1 N–H and O–H groups in total. The Morgan fingerprint density at radius 2 is 1.96 bits per heavy atom. The maximum Gasteiger partial charge on any atom is 0.348 e. The summed E-state index contributed by atoms with van der Waals surface area (Å²) < 4.78 is 1.84. The highest BCUT2D eigenvalue weighted by Gasteiger charge is 2.20. The first-order chi connectivity index (χ1) is 11.6. The SMILES string of the molecule is Cc1ccc2ncn(-c3nc(-c4ccccc4)c(C(=O)O)s3)c2c1. The number of carboxylic acid groups (broad SMARTS) is 1. The van der Waals surface area contributed by atoms with Gasteiger partial charge in [0, 0.05) is 5.56 Å². The maximum atomic E-state index is 11.6. The van der Waals surface area contributed by atoms with Crippen molar-refractivity contribution in [3.63, 3.8) is 0 Å². The van der Waals surface area contributed by atoms with Crippen molar-refractivity contribution in [1.82, 2.24) is 14.5 Å². The topological polar surface area (TPSA) is 68.0 Å². The smallest absolute Gasteiger partial charge is 0.348 e. The van der Waals surface area contributed by atoms with E-state index in [0.29, 0.717) is 10.8 Å². The second-order valence-corrected chi connectivity index (χ2v) is 6.43. The van der Waals surface area contributed by atoms with E-state index in [1.165, 1.54) is 0 Å². The molecule has 0 saturated carbocycles. The van der Waals surface area contributed by atoms with Crippen LogP contribution in [0.4, 0.5) is 0 Å². The van der Waals surface area contributed by atoms with Crippen molar-refractivity contribution >= 4 is 28.3 Å². The van der Waals surface area contributed by atoms with Crippen molar-refractivity contribution in [1.29, 1.82) is 0 Å². The first kappa shape index (κ1) is 14.6. The van der Waals surface area contributed by atoms with Crippen LogP contribution in [0.15, 0.2) is 54.9 Å². The number of aromatic nitrogens is 3. The van der Waals surface area contributed by atoms with Crippen molar-refractivity contribution in [2.75, 3.05) is 0 Å². The Morgan fingerprint density at radius 1 is 1.17 bits per heavy atom. The van der Waals surface area contributed by atoms with E-state index in [4.69, 9.17) is 0 Å². The molecule has 24 heavy (non-hydrogen) atoms. The second kappa shape index (κ2) is 5.58. The highest BCUT2D eigenvalue weighted by atomic mass is 32.1. The molecule has 4 aromatic rings. The monoisotopic (exact) mass is 335 g/mol. The summed E-state index contributed by atoms with van der Waals surface area (Å²) in [6, 6.07) is 15.3. The predicted molar refractivity (Wildman–Crippen MR) is 93.9 cm³/mol. The molecule has 0 bridgehead atoms. The average molecular weight is 335 g/mol. The van der Waals surface area contributed by atoms with Crippen molar-refractivity contribution in [2.45, 2.75) is 6.92 Å². The van der Waals surface area contributed by atoms with Gasteiger partial charge >= 0.3 is 5.97 Å². The van der Waals surface area contributed by atoms with Gasteiger partial charge in [-0.2, -0.15) is 0 Å². The van der Waals surface area contributed by atoms with Crippen LogP contribution in [0.25, 0.3) is 27.4 Å². The van der Waals surface area contributed by atoms with Crippen molar-refractivity contribution in [2.24, 2.45) is 0 Å². The zero-order chi connectivity index (χ0) is 16.7. The van der Waals surface area contributed by atoms with Crippen LogP contribution in [0.1, 0.15) is 15.2 Å². The molecule has 0 aliphatic heterocycles. The summed E-state index contributed by atoms with van der Waals surface area (Å²) in [4.78, 5) is 20.8. The van der Waals surface area contributed by atoms with Gasteiger partial charge in [0.15, 0.2) is 5.13 Å². The van der Waals surface area contributed by atoms with Gasteiger partial charge in [-0.05, 0) is 24.6 Å². The van der Waals surface area contributed by atoms with Gasteiger partial charge in [0.1, 0.15) is 11.2 Å². The molecule has 6 heteroatoms. The molecule has 0 aliphatic rings. The molecule has 0 aliphatic carbocycles. The minimum Gasteiger partial charge on any atom is -0.477 e. The number of aromatic carboxylic acids is 1. The van der Waals surface area contributed by atoms with Crippen LogP contribution in [0.2, 0.25) is 0 Å². The molecule has 5 nitrogen and oxygen atoms in total.